The minimum Gasteiger partial charge on any atom is -0.474 e. The fraction of sp³-hybridized carbons (Fsp3) is 0.478. The molecule has 54 heavy (non-hydrogen) atoms. The summed E-state index contributed by atoms with van der Waals surface area (Å²) in [5, 5.41) is 1.79. The van der Waals surface area contributed by atoms with E-state index in [0.717, 1.165) is 124 Å². The van der Waals surface area contributed by atoms with Gasteiger partial charge in [-0.05, 0) is 89.0 Å². The van der Waals surface area contributed by atoms with Gasteiger partial charge in [0.25, 0.3) is 0 Å². The minimum atomic E-state index is -0.436. The van der Waals surface area contributed by atoms with Crippen molar-refractivity contribution in [1.29, 1.82) is 0 Å². The summed E-state index contributed by atoms with van der Waals surface area (Å²) >= 11 is 0. The van der Waals surface area contributed by atoms with E-state index in [9.17, 15) is 0 Å². The van der Waals surface area contributed by atoms with Crippen LogP contribution in [0.2, 0.25) is 0 Å². The van der Waals surface area contributed by atoms with Gasteiger partial charge >= 0.3 is 0 Å². The van der Waals surface area contributed by atoms with E-state index in [0.29, 0.717) is 25.0 Å². The highest BCUT2D eigenvalue weighted by Gasteiger charge is 2.40. The number of ether oxygens (including phenoxy) is 2. The molecule has 2 heterocycles. The maximum Gasteiger partial charge on any atom is 0.224 e. The average Bonchev–Trinajstić information content (AvgIpc) is 3.22. The fourth-order valence-electron chi connectivity index (χ4n) is 7.70. The summed E-state index contributed by atoms with van der Waals surface area (Å²) in [6.45, 7) is 13.6. The van der Waals surface area contributed by atoms with Gasteiger partial charge in [-0.15, -0.1) is 0 Å². The van der Waals surface area contributed by atoms with Crippen molar-refractivity contribution in [3.63, 3.8) is 0 Å². The lowest BCUT2D eigenvalue weighted by Gasteiger charge is -2.41. The second kappa shape index (κ2) is 19.3. The van der Waals surface area contributed by atoms with Gasteiger partial charge in [-0.2, -0.15) is 9.97 Å². The molecule has 2 unspecified atom stereocenters. The van der Waals surface area contributed by atoms with Gasteiger partial charge in [0.15, 0.2) is 11.6 Å². The molecule has 8 heteroatoms. The van der Waals surface area contributed by atoms with Crippen LogP contribution in [0.1, 0.15) is 104 Å². The highest BCUT2D eigenvalue weighted by Crippen LogP contribution is 2.39. The van der Waals surface area contributed by atoms with Gasteiger partial charge in [-0.1, -0.05) is 126 Å². The first-order chi connectivity index (χ1) is 26.6. The van der Waals surface area contributed by atoms with Crippen molar-refractivity contribution in [1.82, 2.24) is 29.7 Å². The maximum atomic E-state index is 6.56. The molecule has 8 nitrogen and oxygen atoms in total. The van der Waals surface area contributed by atoms with Crippen LogP contribution in [-0.2, 0) is 11.1 Å². The van der Waals surface area contributed by atoms with Gasteiger partial charge in [-0.25, -0.2) is 9.97 Å². The third-order valence-electron chi connectivity index (χ3n) is 10.8. The van der Waals surface area contributed by atoms with Crippen LogP contribution in [0.4, 0.5) is 0 Å². The van der Waals surface area contributed by atoms with Crippen molar-refractivity contribution in [2.24, 2.45) is 0 Å². The van der Waals surface area contributed by atoms with Gasteiger partial charge in [0, 0.05) is 0 Å². The summed E-state index contributed by atoms with van der Waals surface area (Å²) in [4.78, 5) is 26.0. The number of hydrogen-bond acceptors (Lipinski definition) is 8. The number of hydrogen-bond donors (Lipinski definition) is 0. The third-order valence-corrected chi connectivity index (χ3v) is 10.8. The van der Waals surface area contributed by atoms with Crippen molar-refractivity contribution in [3.05, 3.63) is 109 Å². The summed E-state index contributed by atoms with van der Waals surface area (Å²) in [7, 11) is 0. The first-order valence-corrected chi connectivity index (χ1v) is 20.6. The van der Waals surface area contributed by atoms with Gasteiger partial charge in [0.05, 0.1) is 21.8 Å². The zero-order valence-electron chi connectivity index (χ0n) is 33.1. The maximum absolute atomic E-state index is 6.56. The molecule has 2 atom stereocenters. The SMILES string of the molecule is CCCCN(CCCC)C1(c2nc(OCCOc3nc(C4(N(CCCC)CCCC)C=CC=CC4)nc4ccccc34)c3ccccc3n2)C=CC=CC1. The molecule has 4 aromatic rings. The Morgan fingerprint density at radius 1 is 0.519 bits per heavy atom. The fourth-order valence-corrected chi connectivity index (χ4v) is 7.70. The number of unbranched alkanes of at least 4 members (excludes halogenated alkanes) is 4. The molecule has 286 valence electrons. The summed E-state index contributed by atoms with van der Waals surface area (Å²) in [6, 6.07) is 16.3. The molecule has 0 amide bonds. The van der Waals surface area contributed by atoms with Crippen molar-refractivity contribution in [3.8, 4) is 11.8 Å². The predicted octanol–water partition coefficient (Wildman–Crippen LogP) is 10.3. The highest BCUT2D eigenvalue weighted by molar-refractivity contribution is 5.84. The zero-order valence-corrected chi connectivity index (χ0v) is 33.1. The zero-order chi connectivity index (χ0) is 37.6. The van der Waals surface area contributed by atoms with Crippen LogP contribution in [0.5, 0.6) is 11.8 Å². The summed E-state index contributed by atoms with van der Waals surface area (Å²) in [5.41, 5.74) is 0.895. The van der Waals surface area contributed by atoms with E-state index < -0.39 is 11.1 Å². The lowest BCUT2D eigenvalue weighted by molar-refractivity contribution is 0.115. The number of nitrogens with zero attached hydrogens (tertiary/aromatic N) is 6. The molecule has 2 aliphatic rings. The Morgan fingerprint density at radius 3 is 1.26 bits per heavy atom. The Hall–Kier alpha value is -4.40. The topological polar surface area (TPSA) is 76.5 Å². The number of aromatic nitrogens is 4. The lowest BCUT2D eigenvalue weighted by Crippen LogP contribution is -2.47. The second-order valence-electron chi connectivity index (χ2n) is 14.7. The van der Waals surface area contributed by atoms with E-state index in [-0.39, 0.29) is 0 Å². The molecule has 0 bridgehead atoms. The quantitative estimate of drug-likeness (QED) is 0.0785. The molecule has 0 N–H and O–H groups in total. The Kier molecular flexibility index (Phi) is 14.0. The van der Waals surface area contributed by atoms with E-state index in [4.69, 9.17) is 29.4 Å². The molecule has 0 saturated carbocycles. The van der Waals surface area contributed by atoms with Crippen LogP contribution in [0.25, 0.3) is 21.8 Å². The normalized spacial score (nSPS) is 19.4. The van der Waals surface area contributed by atoms with Crippen LogP contribution in [0.3, 0.4) is 0 Å². The van der Waals surface area contributed by atoms with E-state index in [1.807, 2.05) is 36.4 Å². The molecule has 0 saturated heterocycles. The Bertz CT molecular complexity index is 1780. The van der Waals surface area contributed by atoms with Gasteiger partial charge in [-0.3, -0.25) is 9.80 Å². The standard InChI is InChI=1S/C46H60N6O2/c1-5-9-31-51(32-10-6-2)45(27-19-13-20-28-45)43-47-39-25-17-15-23-37(39)41(49-43)53-35-36-54-42-38-24-16-18-26-40(38)48-44(50-42)46(29-21-14-22-30-46)52(33-11-7-3)34-12-8-4/h13-27,29H,5-12,28,30-36H2,1-4H3. The van der Waals surface area contributed by atoms with Gasteiger partial charge in [0.1, 0.15) is 24.3 Å². The van der Waals surface area contributed by atoms with Gasteiger partial charge < -0.3 is 9.47 Å². The predicted molar refractivity (Wildman–Crippen MR) is 222 cm³/mol. The minimum absolute atomic E-state index is 0.305. The number of benzene rings is 2. The van der Waals surface area contributed by atoms with Crippen LogP contribution in [0.15, 0.2) is 97.1 Å². The second-order valence-corrected chi connectivity index (χ2v) is 14.7. The molecular weight excluding hydrogens is 669 g/mol. The van der Waals surface area contributed by atoms with Crippen molar-refractivity contribution in [2.45, 2.75) is 103 Å². The first kappa shape index (κ1) is 39.3. The van der Waals surface area contributed by atoms with E-state index >= 15 is 0 Å². The highest BCUT2D eigenvalue weighted by atomic mass is 16.5. The van der Waals surface area contributed by atoms with Crippen molar-refractivity contribution >= 4 is 21.8 Å². The molecule has 0 fully saturated rings. The Morgan fingerprint density at radius 2 is 0.907 bits per heavy atom. The molecule has 2 aromatic carbocycles. The molecule has 6 rings (SSSR count). The molecule has 2 aromatic heterocycles. The monoisotopic (exact) mass is 728 g/mol. The largest absolute Gasteiger partial charge is 0.474 e. The van der Waals surface area contributed by atoms with E-state index in [1.54, 1.807) is 0 Å². The summed E-state index contributed by atoms with van der Waals surface area (Å²) in [5.74, 6) is 2.74. The number of para-hydroxylation sites is 2. The number of rotatable bonds is 21. The third kappa shape index (κ3) is 8.76. The van der Waals surface area contributed by atoms with Crippen molar-refractivity contribution in [2.75, 3.05) is 39.4 Å². The number of fused-ring (bicyclic) bond motifs is 2. The van der Waals surface area contributed by atoms with Crippen LogP contribution in [-0.4, -0.2) is 69.1 Å². The molecule has 2 aliphatic carbocycles. The first-order valence-electron chi connectivity index (χ1n) is 20.6. The lowest BCUT2D eigenvalue weighted by atomic mass is 9.87. The molecule has 0 aliphatic heterocycles. The average molecular weight is 729 g/mol. The summed E-state index contributed by atoms with van der Waals surface area (Å²) in [6.07, 6.45) is 28.3. The van der Waals surface area contributed by atoms with Crippen molar-refractivity contribution < 1.29 is 9.47 Å². The van der Waals surface area contributed by atoms with Gasteiger partial charge in [0.2, 0.25) is 11.8 Å². The molecule has 0 radical (unpaired) electrons. The Labute approximate surface area is 323 Å². The van der Waals surface area contributed by atoms with Crippen LogP contribution in [0, 0.1) is 0 Å². The Balaban J connectivity index is 1.29. The van der Waals surface area contributed by atoms with Crippen LogP contribution >= 0.6 is 0 Å². The smallest absolute Gasteiger partial charge is 0.224 e. The number of allylic oxidation sites excluding steroid dienone is 4. The van der Waals surface area contributed by atoms with E-state index in [2.05, 4.69) is 98.2 Å². The van der Waals surface area contributed by atoms with Crippen LogP contribution < -0.4 is 9.47 Å². The summed E-state index contributed by atoms with van der Waals surface area (Å²) < 4.78 is 13.1. The van der Waals surface area contributed by atoms with E-state index in [1.165, 1.54) is 0 Å². The molecule has 0 spiro atoms. The molecular formula is C46H60N6O2.